The quantitative estimate of drug-likeness (QED) is 0.770. The molecular formula is C7H9N3O2S. The van der Waals surface area contributed by atoms with Crippen LogP contribution in [0.3, 0.4) is 0 Å². The lowest BCUT2D eigenvalue weighted by Gasteiger charge is -2.00. The number of hydrogen-bond donors (Lipinski definition) is 2. The summed E-state index contributed by atoms with van der Waals surface area (Å²) in [6, 6.07) is 0. The van der Waals surface area contributed by atoms with Crippen molar-refractivity contribution in [3.8, 4) is 0 Å². The van der Waals surface area contributed by atoms with Crippen molar-refractivity contribution in [1.29, 1.82) is 0 Å². The predicted octanol–water partition coefficient (Wildman–Crippen LogP) is 1.43. The molecule has 2 N–H and O–H groups in total. The SMILES string of the molecule is CSCc1cnc(NC(=O)O)cn1. The normalized spacial score (nSPS) is 9.62. The molecule has 1 heterocycles. The second-order valence-corrected chi connectivity index (χ2v) is 3.12. The lowest BCUT2D eigenvalue weighted by molar-refractivity contribution is 0.209. The first kappa shape index (κ1) is 9.79. The number of amides is 1. The van der Waals surface area contributed by atoms with E-state index in [1.165, 1.54) is 6.20 Å². The van der Waals surface area contributed by atoms with Crippen LogP contribution < -0.4 is 5.32 Å². The maximum atomic E-state index is 10.2. The molecule has 0 aromatic carbocycles. The number of carboxylic acid groups (broad SMARTS) is 1. The lowest BCUT2D eigenvalue weighted by atomic mass is 10.5. The number of thioether (sulfide) groups is 1. The van der Waals surface area contributed by atoms with Crippen molar-refractivity contribution in [2.24, 2.45) is 0 Å². The molecule has 5 nitrogen and oxygen atoms in total. The topological polar surface area (TPSA) is 75.1 Å². The van der Waals surface area contributed by atoms with E-state index >= 15 is 0 Å². The predicted molar refractivity (Wildman–Crippen MR) is 50.9 cm³/mol. The van der Waals surface area contributed by atoms with Crippen LogP contribution in [0.4, 0.5) is 10.6 Å². The molecule has 70 valence electrons. The molecule has 1 rings (SSSR count). The summed E-state index contributed by atoms with van der Waals surface area (Å²) in [4.78, 5) is 18.1. The first-order chi connectivity index (χ1) is 6.22. The molecular weight excluding hydrogens is 190 g/mol. The summed E-state index contributed by atoms with van der Waals surface area (Å²) >= 11 is 1.64. The Labute approximate surface area is 79.6 Å². The Morgan fingerprint density at radius 2 is 2.38 bits per heavy atom. The van der Waals surface area contributed by atoms with Gasteiger partial charge in [0.2, 0.25) is 0 Å². The van der Waals surface area contributed by atoms with Crippen LogP contribution in [-0.2, 0) is 5.75 Å². The van der Waals surface area contributed by atoms with Crippen molar-refractivity contribution in [2.45, 2.75) is 5.75 Å². The Kier molecular flexibility index (Phi) is 3.51. The van der Waals surface area contributed by atoms with Crippen molar-refractivity contribution >= 4 is 23.7 Å². The Balaban J connectivity index is 2.64. The van der Waals surface area contributed by atoms with Crippen molar-refractivity contribution in [3.63, 3.8) is 0 Å². The zero-order valence-corrected chi connectivity index (χ0v) is 7.84. The Morgan fingerprint density at radius 3 is 2.85 bits per heavy atom. The smallest absolute Gasteiger partial charge is 0.410 e. The van der Waals surface area contributed by atoms with Crippen LogP contribution in [0.5, 0.6) is 0 Å². The number of nitrogens with zero attached hydrogens (tertiary/aromatic N) is 2. The molecule has 0 saturated heterocycles. The molecule has 1 aromatic rings. The number of aromatic nitrogens is 2. The van der Waals surface area contributed by atoms with Gasteiger partial charge in [-0.3, -0.25) is 10.3 Å². The zero-order valence-electron chi connectivity index (χ0n) is 7.02. The van der Waals surface area contributed by atoms with E-state index in [1.54, 1.807) is 18.0 Å². The standard InChI is InChI=1S/C7H9N3O2S/c1-13-4-5-2-9-6(3-8-5)10-7(11)12/h2-3H,4H2,1H3,(H,9,10)(H,11,12). The van der Waals surface area contributed by atoms with Gasteiger partial charge in [-0.15, -0.1) is 0 Å². The first-order valence-electron chi connectivity index (χ1n) is 3.52. The number of anilines is 1. The third-order valence-corrected chi connectivity index (χ3v) is 1.82. The van der Waals surface area contributed by atoms with E-state index in [9.17, 15) is 4.79 Å². The number of nitrogens with one attached hydrogen (secondary N) is 1. The molecule has 0 aliphatic heterocycles. The monoisotopic (exact) mass is 199 g/mol. The highest BCUT2D eigenvalue weighted by atomic mass is 32.2. The summed E-state index contributed by atoms with van der Waals surface area (Å²) in [5.74, 6) is 1.03. The maximum Gasteiger partial charge on any atom is 0.410 e. The molecule has 0 unspecified atom stereocenters. The fraction of sp³-hybridized carbons (Fsp3) is 0.286. The number of carbonyl (C=O) groups is 1. The minimum absolute atomic E-state index is 0.248. The maximum absolute atomic E-state index is 10.2. The third-order valence-electron chi connectivity index (χ3n) is 1.23. The first-order valence-corrected chi connectivity index (χ1v) is 4.91. The fourth-order valence-corrected chi connectivity index (χ4v) is 1.20. The lowest BCUT2D eigenvalue weighted by Crippen LogP contribution is -2.09. The van der Waals surface area contributed by atoms with Gasteiger partial charge in [0.1, 0.15) is 0 Å². The van der Waals surface area contributed by atoms with E-state index < -0.39 is 6.09 Å². The van der Waals surface area contributed by atoms with Crippen LogP contribution in [-0.4, -0.2) is 27.4 Å². The van der Waals surface area contributed by atoms with Gasteiger partial charge in [0.15, 0.2) is 5.82 Å². The minimum atomic E-state index is -1.13. The molecule has 0 radical (unpaired) electrons. The molecule has 0 aliphatic carbocycles. The summed E-state index contributed by atoms with van der Waals surface area (Å²) in [5.41, 5.74) is 0.837. The molecule has 0 aliphatic rings. The second-order valence-electron chi connectivity index (χ2n) is 2.26. The number of rotatable bonds is 3. The molecule has 0 bridgehead atoms. The summed E-state index contributed by atoms with van der Waals surface area (Å²) in [5, 5.41) is 10.5. The minimum Gasteiger partial charge on any atom is -0.465 e. The van der Waals surface area contributed by atoms with Crippen molar-refractivity contribution in [2.75, 3.05) is 11.6 Å². The van der Waals surface area contributed by atoms with E-state index in [0.29, 0.717) is 0 Å². The van der Waals surface area contributed by atoms with Gasteiger partial charge in [-0.05, 0) is 6.26 Å². The van der Waals surface area contributed by atoms with Crippen LogP contribution in [0.15, 0.2) is 12.4 Å². The Hall–Kier alpha value is -1.30. The zero-order chi connectivity index (χ0) is 9.68. The summed E-state index contributed by atoms with van der Waals surface area (Å²) < 4.78 is 0. The van der Waals surface area contributed by atoms with Gasteiger partial charge >= 0.3 is 6.09 Å². The van der Waals surface area contributed by atoms with Crippen LogP contribution in [0.25, 0.3) is 0 Å². The van der Waals surface area contributed by atoms with E-state index in [-0.39, 0.29) is 5.82 Å². The van der Waals surface area contributed by atoms with Gasteiger partial charge in [-0.25, -0.2) is 9.78 Å². The van der Waals surface area contributed by atoms with Crippen molar-refractivity contribution in [3.05, 3.63) is 18.1 Å². The van der Waals surface area contributed by atoms with Gasteiger partial charge in [0.05, 0.1) is 18.1 Å². The van der Waals surface area contributed by atoms with E-state index in [2.05, 4.69) is 15.3 Å². The Bertz CT molecular complexity index is 288. The van der Waals surface area contributed by atoms with Crippen LogP contribution >= 0.6 is 11.8 Å². The highest BCUT2D eigenvalue weighted by molar-refractivity contribution is 7.97. The average Bonchev–Trinajstić information content (AvgIpc) is 2.08. The van der Waals surface area contributed by atoms with E-state index in [4.69, 9.17) is 5.11 Å². The molecule has 1 aromatic heterocycles. The van der Waals surface area contributed by atoms with Gasteiger partial charge in [-0.1, -0.05) is 0 Å². The van der Waals surface area contributed by atoms with E-state index in [0.717, 1.165) is 11.4 Å². The summed E-state index contributed by atoms with van der Waals surface area (Å²) in [6.45, 7) is 0. The highest BCUT2D eigenvalue weighted by Crippen LogP contribution is 2.06. The Morgan fingerprint density at radius 1 is 1.62 bits per heavy atom. The second kappa shape index (κ2) is 4.66. The van der Waals surface area contributed by atoms with Crippen molar-refractivity contribution < 1.29 is 9.90 Å². The fourth-order valence-electron chi connectivity index (χ4n) is 0.751. The largest absolute Gasteiger partial charge is 0.465 e. The molecule has 0 saturated carbocycles. The van der Waals surface area contributed by atoms with Gasteiger partial charge in [0.25, 0.3) is 0 Å². The summed E-state index contributed by atoms with van der Waals surface area (Å²) in [6.07, 6.45) is 3.79. The van der Waals surface area contributed by atoms with Gasteiger partial charge in [-0.2, -0.15) is 11.8 Å². The van der Waals surface area contributed by atoms with Crippen LogP contribution in [0.2, 0.25) is 0 Å². The molecule has 0 atom stereocenters. The highest BCUT2D eigenvalue weighted by Gasteiger charge is 1.99. The van der Waals surface area contributed by atoms with Crippen LogP contribution in [0, 0.1) is 0 Å². The third kappa shape index (κ3) is 3.29. The number of hydrogen-bond acceptors (Lipinski definition) is 4. The molecule has 1 amide bonds. The average molecular weight is 199 g/mol. The van der Waals surface area contributed by atoms with Gasteiger partial charge in [0, 0.05) is 5.75 Å². The van der Waals surface area contributed by atoms with E-state index in [1.807, 2.05) is 6.26 Å². The van der Waals surface area contributed by atoms with Crippen LogP contribution in [0.1, 0.15) is 5.69 Å². The molecule has 0 spiro atoms. The van der Waals surface area contributed by atoms with Gasteiger partial charge < -0.3 is 5.11 Å². The van der Waals surface area contributed by atoms with Crippen molar-refractivity contribution in [1.82, 2.24) is 9.97 Å². The molecule has 0 fully saturated rings. The molecule has 13 heavy (non-hydrogen) atoms. The summed E-state index contributed by atoms with van der Waals surface area (Å²) in [7, 11) is 0. The molecule has 6 heteroatoms.